The third-order valence-electron chi connectivity index (χ3n) is 4.86. The molecular weight excluding hydrogens is 373 g/mol. The van der Waals surface area contributed by atoms with Crippen molar-refractivity contribution in [3.63, 3.8) is 0 Å². The normalized spacial score (nSPS) is 10.8. The van der Waals surface area contributed by atoms with Gasteiger partial charge in [0.1, 0.15) is 11.6 Å². The highest BCUT2D eigenvalue weighted by molar-refractivity contribution is 5.96. The van der Waals surface area contributed by atoms with E-state index in [2.05, 4.69) is 10.3 Å². The molecule has 0 aliphatic heterocycles. The summed E-state index contributed by atoms with van der Waals surface area (Å²) in [6.07, 6.45) is 0.0884. The van der Waals surface area contributed by atoms with E-state index < -0.39 is 0 Å². The van der Waals surface area contributed by atoms with Crippen molar-refractivity contribution in [3.05, 3.63) is 59.5 Å². The van der Waals surface area contributed by atoms with E-state index in [1.807, 2.05) is 19.9 Å². The van der Waals surface area contributed by atoms with Gasteiger partial charge in [0.15, 0.2) is 0 Å². The Morgan fingerprint density at radius 2 is 1.97 bits per heavy atom. The molecule has 2 amide bonds. The summed E-state index contributed by atoms with van der Waals surface area (Å²) in [6, 6.07) is 11.5. The van der Waals surface area contributed by atoms with Gasteiger partial charge in [0, 0.05) is 23.1 Å². The van der Waals surface area contributed by atoms with E-state index in [-0.39, 0.29) is 30.6 Å². The van der Waals surface area contributed by atoms with Crippen LogP contribution in [0.5, 0.6) is 5.75 Å². The molecule has 2 N–H and O–H groups in total. The number of halogens is 1. The van der Waals surface area contributed by atoms with Gasteiger partial charge >= 0.3 is 0 Å². The Morgan fingerprint density at radius 1 is 1.21 bits per heavy atom. The molecule has 0 unspecified atom stereocenters. The standard InChI is InChI=1S/C22H24FN3O3/c1-4-26(13-21(27)25-19-7-5-6-8-20(19)29-3)22(28)12-16-14(2)24-18-10-9-15(23)11-17(16)18/h5-11,24H,4,12-13H2,1-3H3,(H,25,27). The third kappa shape index (κ3) is 4.56. The van der Waals surface area contributed by atoms with Gasteiger partial charge in [-0.15, -0.1) is 0 Å². The van der Waals surface area contributed by atoms with Gasteiger partial charge in [-0.3, -0.25) is 9.59 Å². The molecule has 1 aromatic heterocycles. The van der Waals surface area contributed by atoms with Crippen LogP contribution in [0.1, 0.15) is 18.2 Å². The third-order valence-corrected chi connectivity index (χ3v) is 4.86. The number of rotatable bonds is 7. The molecule has 0 saturated heterocycles. The molecule has 1 heterocycles. The number of methoxy groups -OCH3 is 1. The molecule has 0 atom stereocenters. The minimum absolute atomic E-state index is 0.0802. The van der Waals surface area contributed by atoms with Crippen molar-refractivity contribution in [2.24, 2.45) is 0 Å². The molecule has 3 rings (SSSR count). The van der Waals surface area contributed by atoms with Crippen LogP contribution in [0.2, 0.25) is 0 Å². The lowest BCUT2D eigenvalue weighted by Gasteiger charge is -2.21. The number of H-pyrrole nitrogens is 1. The predicted molar refractivity (Wildman–Crippen MR) is 111 cm³/mol. The smallest absolute Gasteiger partial charge is 0.244 e. The minimum atomic E-state index is -0.353. The van der Waals surface area contributed by atoms with Gasteiger partial charge in [-0.2, -0.15) is 0 Å². The molecule has 0 bridgehead atoms. The number of carbonyl (C=O) groups is 2. The highest BCUT2D eigenvalue weighted by Gasteiger charge is 2.20. The van der Waals surface area contributed by atoms with Crippen molar-refractivity contribution in [2.45, 2.75) is 20.3 Å². The van der Waals surface area contributed by atoms with Gasteiger partial charge in [0.2, 0.25) is 11.8 Å². The summed E-state index contributed by atoms with van der Waals surface area (Å²) in [7, 11) is 1.53. The van der Waals surface area contributed by atoms with Crippen molar-refractivity contribution < 1.29 is 18.7 Å². The number of nitrogens with zero attached hydrogens (tertiary/aromatic N) is 1. The molecule has 7 heteroatoms. The van der Waals surface area contributed by atoms with E-state index in [1.165, 1.54) is 24.1 Å². The van der Waals surface area contributed by atoms with E-state index in [0.29, 0.717) is 23.4 Å². The second kappa shape index (κ2) is 8.77. The lowest BCUT2D eigenvalue weighted by Crippen LogP contribution is -2.38. The van der Waals surface area contributed by atoms with Crippen molar-refractivity contribution in [1.29, 1.82) is 0 Å². The minimum Gasteiger partial charge on any atom is -0.495 e. The summed E-state index contributed by atoms with van der Waals surface area (Å²) in [4.78, 5) is 30.0. The summed E-state index contributed by atoms with van der Waals surface area (Å²) in [5.41, 5.74) is 2.89. The van der Waals surface area contributed by atoms with Gasteiger partial charge < -0.3 is 19.9 Å². The first-order chi connectivity index (χ1) is 13.9. The van der Waals surface area contributed by atoms with E-state index in [9.17, 15) is 14.0 Å². The highest BCUT2D eigenvalue weighted by atomic mass is 19.1. The van der Waals surface area contributed by atoms with Crippen LogP contribution < -0.4 is 10.1 Å². The average molecular weight is 397 g/mol. The summed E-state index contributed by atoms with van der Waals surface area (Å²) in [5, 5.41) is 3.46. The summed E-state index contributed by atoms with van der Waals surface area (Å²) in [5.74, 6) is -0.317. The molecular formula is C22H24FN3O3. The SMILES string of the molecule is CCN(CC(=O)Nc1ccccc1OC)C(=O)Cc1c(C)[nH]c2ccc(F)cc12. The van der Waals surface area contributed by atoms with E-state index in [1.54, 1.807) is 24.3 Å². The molecule has 0 spiro atoms. The Morgan fingerprint density at radius 3 is 2.69 bits per heavy atom. The number of aromatic nitrogens is 1. The first-order valence-corrected chi connectivity index (χ1v) is 9.40. The zero-order valence-electron chi connectivity index (χ0n) is 16.7. The molecule has 6 nitrogen and oxygen atoms in total. The molecule has 0 aliphatic rings. The second-order valence-corrected chi connectivity index (χ2v) is 6.75. The molecule has 3 aromatic rings. The maximum absolute atomic E-state index is 13.7. The summed E-state index contributed by atoms with van der Waals surface area (Å²) >= 11 is 0. The van der Waals surface area contributed by atoms with Crippen LogP contribution in [-0.4, -0.2) is 41.9 Å². The number of hydrogen-bond donors (Lipinski definition) is 2. The van der Waals surface area contributed by atoms with Crippen LogP contribution in [0, 0.1) is 12.7 Å². The predicted octanol–water partition coefficient (Wildman–Crippen LogP) is 3.65. The Bertz CT molecular complexity index is 1040. The highest BCUT2D eigenvalue weighted by Crippen LogP contribution is 2.25. The Kier molecular flexibility index (Phi) is 6.16. The molecule has 0 aliphatic carbocycles. The number of ether oxygens (including phenoxy) is 1. The number of aromatic amines is 1. The number of hydrogen-bond acceptors (Lipinski definition) is 3. The van der Waals surface area contributed by atoms with Gasteiger partial charge in [0.25, 0.3) is 0 Å². The maximum Gasteiger partial charge on any atom is 0.244 e. The number of likely N-dealkylation sites (N-methyl/N-ethyl adjacent to an activating group) is 1. The second-order valence-electron chi connectivity index (χ2n) is 6.75. The van der Waals surface area contributed by atoms with Crippen LogP contribution >= 0.6 is 0 Å². The fourth-order valence-corrected chi connectivity index (χ4v) is 3.33. The van der Waals surface area contributed by atoms with Crippen molar-refractivity contribution in [2.75, 3.05) is 25.5 Å². The number of fused-ring (bicyclic) bond motifs is 1. The molecule has 29 heavy (non-hydrogen) atoms. The summed E-state index contributed by atoms with van der Waals surface area (Å²) < 4.78 is 18.9. The Balaban J connectivity index is 1.72. The zero-order chi connectivity index (χ0) is 21.0. The van der Waals surface area contributed by atoms with E-state index in [0.717, 1.165) is 16.8 Å². The van der Waals surface area contributed by atoms with Gasteiger partial charge in [0.05, 0.1) is 25.8 Å². The number of benzene rings is 2. The lowest BCUT2D eigenvalue weighted by atomic mass is 10.1. The number of para-hydroxylation sites is 2. The quantitative estimate of drug-likeness (QED) is 0.639. The molecule has 0 radical (unpaired) electrons. The van der Waals surface area contributed by atoms with Crippen LogP contribution in [0.4, 0.5) is 10.1 Å². The van der Waals surface area contributed by atoms with Crippen molar-refractivity contribution in [3.8, 4) is 5.75 Å². The number of nitrogens with one attached hydrogen (secondary N) is 2. The van der Waals surface area contributed by atoms with E-state index in [4.69, 9.17) is 4.74 Å². The van der Waals surface area contributed by atoms with Crippen molar-refractivity contribution >= 4 is 28.4 Å². The molecule has 0 fully saturated rings. The van der Waals surface area contributed by atoms with Crippen LogP contribution in [0.15, 0.2) is 42.5 Å². The van der Waals surface area contributed by atoms with Crippen LogP contribution in [-0.2, 0) is 16.0 Å². The first kappa shape index (κ1) is 20.4. The topological polar surface area (TPSA) is 74.4 Å². The summed E-state index contributed by atoms with van der Waals surface area (Å²) in [6.45, 7) is 3.97. The Labute approximate surface area is 168 Å². The number of amides is 2. The molecule has 2 aromatic carbocycles. The largest absolute Gasteiger partial charge is 0.495 e. The monoisotopic (exact) mass is 397 g/mol. The average Bonchev–Trinajstić information content (AvgIpc) is 3.01. The Hall–Kier alpha value is -3.35. The van der Waals surface area contributed by atoms with Gasteiger partial charge in [-0.1, -0.05) is 12.1 Å². The van der Waals surface area contributed by atoms with Crippen LogP contribution in [0.3, 0.4) is 0 Å². The molecule has 152 valence electrons. The van der Waals surface area contributed by atoms with Crippen LogP contribution in [0.25, 0.3) is 10.9 Å². The first-order valence-electron chi connectivity index (χ1n) is 9.40. The molecule has 0 saturated carbocycles. The van der Waals surface area contributed by atoms with Crippen molar-refractivity contribution in [1.82, 2.24) is 9.88 Å². The van der Waals surface area contributed by atoms with Gasteiger partial charge in [-0.05, 0) is 49.7 Å². The lowest BCUT2D eigenvalue weighted by molar-refractivity contribution is -0.133. The fourth-order valence-electron chi connectivity index (χ4n) is 3.33. The number of anilines is 1. The number of carbonyl (C=O) groups excluding carboxylic acids is 2. The number of aryl methyl sites for hydroxylation is 1. The van der Waals surface area contributed by atoms with Gasteiger partial charge in [-0.25, -0.2) is 4.39 Å². The zero-order valence-corrected chi connectivity index (χ0v) is 16.7. The fraction of sp³-hybridized carbons (Fsp3) is 0.273. The maximum atomic E-state index is 13.7. The van der Waals surface area contributed by atoms with E-state index >= 15 is 0 Å².